The van der Waals surface area contributed by atoms with E-state index in [0.29, 0.717) is 18.7 Å². The molecular weight excluding hydrogens is 206 g/mol. The van der Waals surface area contributed by atoms with E-state index in [9.17, 15) is 4.79 Å². The van der Waals surface area contributed by atoms with Crippen molar-refractivity contribution in [2.45, 2.75) is 32.7 Å². The first kappa shape index (κ1) is 12.7. The highest BCUT2D eigenvalue weighted by Gasteiger charge is 2.21. The van der Waals surface area contributed by atoms with Gasteiger partial charge in [-0.15, -0.1) is 0 Å². The zero-order valence-corrected chi connectivity index (χ0v) is 10.3. The van der Waals surface area contributed by atoms with Crippen LogP contribution in [0.25, 0.3) is 0 Å². The molecule has 0 atom stereocenters. The Morgan fingerprint density at radius 2 is 2.25 bits per heavy atom. The molecule has 1 aromatic heterocycles. The molecule has 5 heteroatoms. The van der Waals surface area contributed by atoms with Gasteiger partial charge in [-0.25, -0.2) is 4.79 Å². The fourth-order valence-corrected chi connectivity index (χ4v) is 1.53. The minimum Gasteiger partial charge on any atom is -0.461 e. The molecule has 16 heavy (non-hydrogen) atoms. The Kier molecular flexibility index (Phi) is 3.70. The summed E-state index contributed by atoms with van der Waals surface area (Å²) in [6, 6.07) is 0. The maximum Gasteiger partial charge on any atom is 0.359 e. The molecule has 90 valence electrons. The third-order valence-electron chi connectivity index (χ3n) is 2.02. The van der Waals surface area contributed by atoms with Gasteiger partial charge < -0.3 is 10.5 Å². The lowest BCUT2D eigenvalue weighted by molar-refractivity contribution is 0.0517. The molecule has 0 radical (unpaired) electrons. The molecule has 0 aliphatic carbocycles. The Labute approximate surface area is 95.6 Å². The lowest BCUT2D eigenvalue weighted by atomic mass is 9.96. The lowest BCUT2D eigenvalue weighted by Crippen LogP contribution is -2.34. The smallest absolute Gasteiger partial charge is 0.359 e. The monoisotopic (exact) mass is 225 g/mol. The highest BCUT2D eigenvalue weighted by atomic mass is 16.5. The molecule has 0 unspecified atom stereocenters. The molecule has 0 amide bonds. The van der Waals surface area contributed by atoms with Crippen molar-refractivity contribution in [3.8, 4) is 0 Å². The topological polar surface area (TPSA) is 70.1 Å². The Hall–Kier alpha value is -1.36. The maximum atomic E-state index is 11.6. The van der Waals surface area contributed by atoms with Crippen LogP contribution < -0.4 is 5.73 Å². The maximum absolute atomic E-state index is 11.6. The van der Waals surface area contributed by atoms with E-state index >= 15 is 0 Å². The molecule has 1 heterocycles. The summed E-state index contributed by atoms with van der Waals surface area (Å²) in [5, 5.41) is 4.10. The molecule has 0 aromatic carbocycles. The highest BCUT2D eigenvalue weighted by Crippen LogP contribution is 2.14. The molecule has 0 fully saturated rings. The van der Waals surface area contributed by atoms with Crippen LogP contribution in [0.5, 0.6) is 0 Å². The van der Waals surface area contributed by atoms with Crippen molar-refractivity contribution in [2.24, 2.45) is 12.8 Å². The predicted octanol–water partition coefficient (Wildman–Crippen LogP) is 0.877. The number of carbonyl (C=O) groups is 1. The molecule has 0 spiro atoms. The van der Waals surface area contributed by atoms with Crippen LogP contribution in [-0.2, 0) is 18.2 Å². The van der Waals surface area contributed by atoms with Crippen LogP contribution in [0.4, 0.5) is 0 Å². The van der Waals surface area contributed by atoms with Crippen molar-refractivity contribution >= 4 is 5.97 Å². The van der Waals surface area contributed by atoms with E-state index < -0.39 is 0 Å². The molecule has 5 nitrogen and oxygen atoms in total. The number of hydrogen-bond acceptors (Lipinski definition) is 4. The van der Waals surface area contributed by atoms with Gasteiger partial charge in [0.2, 0.25) is 0 Å². The first-order valence-corrected chi connectivity index (χ1v) is 5.32. The molecule has 0 saturated heterocycles. The van der Waals surface area contributed by atoms with Crippen molar-refractivity contribution in [1.82, 2.24) is 9.78 Å². The predicted molar refractivity (Wildman–Crippen MR) is 61.1 cm³/mol. The summed E-state index contributed by atoms with van der Waals surface area (Å²) >= 11 is 0. The average Bonchev–Trinajstić information content (AvgIpc) is 2.44. The van der Waals surface area contributed by atoms with Crippen molar-refractivity contribution in [3.63, 3.8) is 0 Å². The van der Waals surface area contributed by atoms with Gasteiger partial charge in [-0.2, -0.15) is 5.10 Å². The third kappa shape index (κ3) is 3.34. The van der Waals surface area contributed by atoms with E-state index in [1.807, 2.05) is 13.8 Å². The van der Waals surface area contributed by atoms with Gasteiger partial charge in [0, 0.05) is 24.3 Å². The molecule has 2 N–H and O–H groups in total. The number of aryl methyl sites for hydroxylation is 1. The molecule has 1 aromatic rings. The van der Waals surface area contributed by atoms with E-state index in [2.05, 4.69) is 5.10 Å². The zero-order chi connectivity index (χ0) is 12.3. The van der Waals surface area contributed by atoms with Crippen LogP contribution in [0.1, 0.15) is 36.8 Å². The van der Waals surface area contributed by atoms with Crippen LogP contribution >= 0.6 is 0 Å². The van der Waals surface area contributed by atoms with Crippen LogP contribution in [0.15, 0.2) is 6.20 Å². The van der Waals surface area contributed by atoms with Crippen LogP contribution in [0, 0.1) is 0 Å². The Balaban J connectivity index is 2.96. The van der Waals surface area contributed by atoms with Gasteiger partial charge in [-0.3, -0.25) is 4.68 Å². The van der Waals surface area contributed by atoms with Gasteiger partial charge in [0.15, 0.2) is 5.69 Å². The Morgan fingerprint density at radius 3 is 2.75 bits per heavy atom. The Bertz CT molecular complexity index is 377. The second kappa shape index (κ2) is 4.65. The molecular formula is C11H19N3O2. The van der Waals surface area contributed by atoms with Gasteiger partial charge in [0.25, 0.3) is 0 Å². The second-order valence-electron chi connectivity index (χ2n) is 4.56. The molecule has 0 aliphatic heterocycles. The largest absolute Gasteiger partial charge is 0.461 e. The summed E-state index contributed by atoms with van der Waals surface area (Å²) < 4.78 is 6.55. The summed E-state index contributed by atoms with van der Waals surface area (Å²) in [6.07, 6.45) is 2.40. The number of ether oxygens (including phenoxy) is 1. The Morgan fingerprint density at radius 1 is 1.62 bits per heavy atom. The average molecular weight is 225 g/mol. The van der Waals surface area contributed by atoms with Crippen LogP contribution in [-0.4, -0.2) is 27.9 Å². The number of esters is 1. The number of nitrogens with zero attached hydrogens (tertiary/aromatic N) is 2. The van der Waals surface area contributed by atoms with Gasteiger partial charge in [0.1, 0.15) is 0 Å². The molecule has 0 aliphatic rings. The standard InChI is InChI=1S/C11H19N3O2/c1-5-16-10(15)9-8(6-11(2,3)12)7-14(4)13-9/h7H,5-6,12H2,1-4H3. The first-order valence-electron chi connectivity index (χ1n) is 5.32. The van der Waals surface area contributed by atoms with Crippen molar-refractivity contribution in [3.05, 3.63) is 17.5 Å². The van der Waals surface area contributed by atoms with Crippen molar-refractivity contribution in [1.29, 1.82) is 0 Å². The van der Waals surface area contributed by atoms with Gasteiger partial charge in [0.05, 0.1) is 6.61 Å². The molecule has 0 saturated carbocycles. The SMILES string of the molecule is CCOC(=O)c1nn(C)cc1CC(C)(C)N. The zero-order valence-electron chi connectivity index (χ0n) is 10.3. The van der Waals surface area contributed by atoms with E-state index in [0.717, 1.165) is 5.56 Å². The molecule has 1 rings (SSSR count). The fraction of sp³-hybridized carbons (Fsp3) is 0.636. The number of hydrogen-bond donors (Lipinski definition) is 1. The van der Waals surface area contributed by atoms with Crippen LogP contribution in [0.3, 0.4) is 0 Å². The van der Waals surface area contributed by atoms with E-state index in [1.54, 1.807) is 24.9 Å². The van der Waals surface area contributed by atoms with Gasteiger partial charge >= 0.3 is 5.97 Å². The summed E-state index contributed by atoms with van der Waals surface area (Å²) in [7, 11) is 1.77. The van der Waals surface area contributed by atoms with Gasteiger partial charge in [-0.05, 0) is 27.2 Å². The minimum absolute atomic E-state index is 0.348. The van der Waals surface area contributed by atoms with E-state index in [1.165, 1.54) is 0 Å². The quantitative estimate of drug-likeness (QED) is 0.772. The summed E-state index contributed by atoms with van der Waals surface area (Å²) in [4.78, 5) is 11.6. The number of rotatable bonds is 4. The second-order valence-corrected chi connectivity index (χ2v) is 4.56. The first-order chi connectivity index (χ1) is 7.33. The summed E-state index contributed by atoms with van der Waals surface area (Å²) in [5.74, 6) is -0.387. The van der Waals surface area contributed by atoms with Crippen molar-refractivity contribution in [2.75, 3.05) is 6.61 Å². The minimum atomic E-state index is -0.387. The number of carbonyl (C=O) groups excluding carboxylic acids is 1. The van der Waals surface area contributed by atoms with E-state index in [4.69, 9.17) is 10.5 Å². The van der Waals surface area contributed by atoms with Crippen molar-refractivity contribution < 1.29 is 9.53 Å². The number of nitrogens with two attached hydrogens (primary N) is 1. The molecule has 0 bridgehead atoms. The van der Waals surface area contributed by atoms with E-state index in [-0.39, 0.29) is 11.5 Å². The van der Waals surface area contributed by atoms with Gasteiger partial charge in [-0.1, -0.05) is 0 Å². The fourth-order valence-electron chi connectivity index (χ4n) is 1.53. The highest BCUT2D eigenvalue weighted by molar-refractivity contribution is 5.88. The summed E-state index contributed by atoms with van der Waals surface area (Å²) in [6.45, 7) is 5.94. The van der Waals surface area contributed by atoms with Crippen LogP contribution in [0.2, 0.25) is 0 Å². The third-order valence-corrected chi connectivity index (χ3v) is 2.02. The lowest BCUT2D eigenvalue weighted by Gasteiger charge is -2.17. The summed E-state index contributed by atoms with van der Waals surface area (Å²) in [5.41, 5.74) is 6.75. The normalized spacial score (nSPS) is 11.6. The number of aromatic nitrogens is 2.